The van der Waals surface area contributed by atoms with E-state index in [2.05, 4.69) is 0 Å². The minimum atomic E-state index is 0.551. The van der Waals surface area contributed by atoms with Crippen molar-refractivity contribution >= 4 is 11.8 Å². The fraction of sp³-hybridized carbons (Fsp3) is 0.455. The van der Waals surface area contributed by atoms with Gasteiger partial charge in [-0.3, -0.25) is 0 Å². The number of hydrogen-bond acceptors (Lipinski definition) is 3. The third kappa shape index (κ3) is 2.22. The van der Waals surface area contributed by atoms with Gasteiger partial charge in [0, 0.05) is 29.5 Å². The van der Waals surface area contributed by atoms with Crippen molar-refractivity contribution in [2.45, 2.75) is 6.54 Å². The fourth-order valence-electron chi connectivity index (χ4n) is 1.40. The molecule has 0 aliphatic carbocycles. The normalized spacial score (nSPS) is 16.4. The molecule has 0 unspecified atom stereocenters. The van der Waals surface area contributed by atoms with E-state index in [0.717, 1.165) is 23.8 Å². The maximum Gasteiger partial charge on any atom is 0.123 e. The molecule has 76 valence electrons. The zero-order valence-electron chi connectivity index (χ0n) is 8.11. The summed E-state index contributed by atoms with van der Waals surface area (Å²) in [6.45, 7) is 1.39. The molecule has 0 bridgehead atoms. The fourth-order valence-corrected chi connectivity index (χ4v) is 2.16. The Kier molecular flexibility index (Phi) is 3.32. The maximum atomic E-state index is 5.74. The van der Waals surface area contributed by atoms with E-state index in [-0.39, 0.29) is 0 Å². The highest BCUT2D eigenvalue weighted by Gasteiger charge is 2.18. The highest BCUT2D eigenvalue weighted by Crippen LogP contribution is 2.26. The van der Waals surface area contributed by atoms with Crippen LogP contribution in [0.3, 0.4) is 0 Å². The molecule has 1 aromatic carbocycles. The molecule has 1 fully saturated rings. The summed E-state index contributed by atoms with van der Waals surface area (Å²) in [5.41, 5.74) is 6.72. The molecule has 1 aliphatic rings. The van der Waals surface area contributed by atoms with Gasteiger partial charge in [0.15, 0.2) is 0 Å². The lowest BCUT2D eigenvalue weighted by Crippen LogP contribution is -2.25. The number of benzene rings is 1. The van der Waals surface area contributed by atoms with E-state index in [1.165, 1.54) is 11.5 Å². The molecule has 2 N–H and O–H groups in total. The van der Waals surface area contributed by atoms with Crippen LogP contribution in [0, 0.1) is 5.92 Å². The van der Waals surface area contributed by atoms with E-state index in [9.17, 15) is 0 Å². The second-order valence-corrected chi connectivity index (χ2v) is 4.60. The van der Waals surface area contributed by atoms with Gasteiger partial charge in [0.05, 0.1) is 6.61 Å². The van der Waals surface area contributed by atoms with Gasteiger partial charge in [-0.25, -0.2) is 0 Å². The Bertz CT molecular complexity index is 299. The van der Waals surface area contributed by atoms with Crippen LogP contribution >= 0.6 is 11.8 Å². The van der Waals surface area contributed by atoms with Gasteiger partial charge in [0.1, 0.15) is 5.75 Å². The van der Waals surface area contributed by atoms with Gasteiger partial charge in [0.2, 0.25) is 0 Å². The Morgan fingerprint density at radius 3 is 2.79 bits per heavy atom. The molecule has 1 aliphatic heterocycles. The molecule has 1 saturated heterocycles. The van der Waals surface area contributed by atoms with Gasteiger partial charge < -0.3 is 10.5 Å². The predicted molar refractivity (Wildman–Crippen MR) is 60.6 cm³/mol. The second-order valence-electron chi connectivity index (χ2n) is 3.53. The van der Waals surface area contributed by atoms with Gasteiger partial charge in [-0.2, -0.15) is 11.8 Å². The second kappa shape index (κ2) is 4.71. The summed E-state index contributed by atoms with van der Waals surface area (Å²) in [6.07, 6.45) is 0. The monoisotopic (exact) mass is 209 g/mol. The molecule has 2 rings (SSSR count). The molecule has 0 radical (unpaired) electrons. The first-order chi connectivity index (χ1) is 6.90. The van der Waals surface area contributed by atoms with E-state index in [1.807, 2.05) is 36.0 Å². The number of ether oxygens (including phenoxy) is 1. The molecule has 0 atom stereocenters. The van der Waals surface area contributed by atoms with Crippen LogP contribution < -0.4 is 10.5 Å². The molecule has 3 heteroatoms. The first kappa shape index (κ1) is 9.87. The molecule has 1 heterocycles. The largest absolute Gasteiger partial charge is 0.493 e. The highest BCUT2D eigenvalue weighted by molar-refractivity contribution is 8.00. The van der Waals surface area contributed by atoms with Gasteiger partial charge in [0.25, 0.3) is 0 Å². The smallest absolute Gasteiger partial charge is 0.123 e. The first-order valence-corrected chi connectivity index (χ1v) is 6.04. The number of para-hydroxylation sites is 1. The topological polar surface area (TPSA) is 35.2 Å². The molecule has 1 aromatic rings. The highest BCUT2D eigenvalue weighted by atomic mass is 32.2. The molecular weight excluding hydrogens is 194 g/mol. The molecule has 0 amide bonds. The van der Waals surface area contributed by atoms with E-state index in [0.29, 0.717) is 6.54 Å². The van der Waals surface area contributed by atoms with E-state index >= 15 is 0 Å². The van der Waals surface area contributed by atoms with Crippen molar-refractivity contribution in [3.63, 3.8) is 0 Å². The van der Waals surface area contributed by atoms with Crippen LogP contribution in [-0.2, 0) is 6.54 Å². The standard InChI is InChI=1S/C11H15NOS/c12-5-10-3-1-2-4-11(10)13-6-9-7-14-8-9/h1-4,9H,5-8,12H2. The van der Waals surface area contributed by atoms with Crippen LogP contribution in [0.25, 0.3) is 0 Å². The van der Waals surface area contributed by atoms with Crippen molar-refractivity contribution < 1.29 is 4.74 Å². The minimum absolute atomic E-state index is 0.551. The number of nitrogens with two attached hydrogens (primary N) is 1. The van der Waals surface area contributed by atoms with Crippen molar-refractivity contribution in [2.24, 2.45) is 11.7 Å². The molecule has 2 nitrogen and oxygen atoms in total. The Balaban J connectivity index is 1.93. The van der Waals surface area contributed by atoms with Crippen LogP contribution in [0.15, 0.2) is 24.3 Å². The molecular formula is C11H15NOS. The van der Waals surface area contributed by atoms with Gasteiger partial charge in [-0.15, -0.1) is 0 Å². The number of thioether (sulfide) groups is 1. The average molecular weight is 209 g/mol. The van der Waals surface area contributed by atoms with Gasteiger partial charge >= 0.3 is 0 Å². The summed E-state index contributed by atoms with van der Waals surface area (Å²) in [5, 5.41) is 0. The van der Waals surface area contributed by atoms with Crippen molar-refractivity contribution in [2.75, 3.05) is 18.1 Å². The minimum Gasteiger partial charge on any atom is -0.493 e. The van der Waals surface area contributed by atoms with Crippen molar-refractivity contribution in [3.05, 3.63) is 29.8 Å². The lowest BCUT2D eigenvalue weighted by molar-refractivity contribution is 0.267. The van der Waals surface area contributed by atoms with Gasteiger partial charge in [-0.1, -0.05) is 18.2 Å². The van der Waals surface area contributed by atoms with Crippen LogP contribution in [-0.4, -0.2) is 18.1 Å². The zero-order chi connectivity index (χ0) is 9.80. The summed E-state index contributed by atoms with van der Waals surface area (Å²) >= 11 is 1.99. The van der Waals surface area contributed by atoms with Gasteiger partial charge in [-0.05, 0) is 6.07 Å². The summed E-state index contributed by atoms with van der Waals surface area (Å²) in [4.78, 5) is 0. The quantitative estimate of drug-likeness (QED) is 0.822. The summed E-state index contributed by atoms with van der Waals surface area (Å²) < 4.78 is 5.74. The van der Waals surface area contributed by atoms with Crippen LogP contribution in [0.2, 0.25) is 0 Å². The van der Waals surface area contributed by atoms with Crippen molar-refractivity contribution in [1.82, 2.24) is 0 Å². The Labute approximate surface area is 88.8 Å². The zero-order valence-corrected chi connectivity index (χ0v) is 8.93. The summed E-state index contributed by atoms with van der Waals surface area (Å²) in [6, 6.07) is 8.00. The molecule has 14 heavy (non-hydrogen) atoms. The van der Waals surface area contributed by atoms with Crippen LogP contribution in [0.5, 0.6) is 5.75 Å². The maximum absolute atomic E-state index is 5.74. The Morgan fingerprint density at radius 2 is 2.14 bits per heavy atom. The molecule has 0 aromatic heterocycles. The average Bonchev–Trinajstić information content (AvgIpc) is 2.16. The third-order valence-corrected chi connectivity index (χ3v) is 3.79. The van der Waals surface area contributed by atoms with E-state index in [1.54, 1.807) is 0 Å². The van der Waals surface area contributed by atoms with Crippen molar-refractivity contribution in [3.8, 4) is 5.75 Å². The molecule has 0 spiro atoms. The Hall–Kier alpha value is -0.670. The van der Waals surface area contributed by atoms with Crippen LogP contribution in [0.1, 0.15) is 5.56 Å². The SMILES string of the molecule is NCc1ccccc1OCC1CSC1. The molecule has 0 saturated carbocycles. The number of hydrogen-bond donors (Lipinski definition) is 1. The number of rotatable bonds is 4. The predicted octanol–water partition coefficient (Wildman–Crippen LogP) is 1.89. The summed E-state index contributed by atoms with van der Waals surface area (Å²) in [5.74, 6) is 4.17. The van der Waals surface area contributed by atoms with Crippen LogP contribution in [0.4, 0.5) is 0 Å². The lowest BCUT2D eigenvalue weighted by atomic mass is 10.2. The van der Waals surface area contributed by atoms with E-state index < -0.39 is 0 Å². The summed E-state index contributed by atoms with van der Waals surface area (Å²) in [7, 11) is 0. The van der Waals surface area contributed by atoms with E-state index in [4.69, 9.17) is 10.5 Å². The lowest BCUT2D eigenvalue weighted by Gasteiger charge is -2.25. The van der Waals surface area contributed by atoms with Crippen molar-refractivity contribution in [1.29, 1.82) is 0 Å². The first-order valence-electron chi connectivity index (χ1n) is 4.88. The Morgan fingerprint density at radius 1 is 1.36 bits per heavy atom. The third-order valence-electron chi connectivity index (χ3n) is 2.37.